The van der Waals surface area contributed by atoms with Gasteiger partial charge in [0.1, 0.15) is 10.6 Å². The van der Waals surface area contributed by atoms with Gasteiger partial charge in [0.15, 0.2) is 0 Å². The van der Waals surface area contributed by atoms with Gasteiger partial charge in [-0.3, -0.25) is 4.79 Å². The third-order valence-electron chi connectivity index (χ3n) is 3.39. The molecule has 0 saturated carbocycles. The van der Waals surface area contributed by atoms with Crippen molar-refractivity contribution in [2.75, 3.05) is 7.11 Å². The molecule has 0 radical (unpaired) electrons. The smallest absolute Gasteiger partial charge is 0.283 e. The molecule has 0 spiro atoms. The van der Waals surface area contributed by atoms with Crippen LogP contribution in [0.5, 0.6) is 5.75 Å². The number of carbonyl (C=O) groups excluding carboxylic acids is 1. The van der Waals surface area contributed by atoms with E-state index in [0.29, 0.717) is 31.3 Å². The molecule has 8 heteroatoms. The summed E-state index contributed by atoms with van der Waals surface area (Å²) >= 11 is 19.6. The molecule has 0 saturated heterocycles. The molecule has 1 amide bonds. The highest BCUT2D eigenvalue weighted by molar-refractivity contribution is 7.21. The first-order valence-corrected chi connectivity index (χ1v) is 8.99. The Kier molecular flexibility index (Phi) is 5.49. The van der Waals surface area contributed by atoms with Crippen molar-refractivity contribution in [3.63, 3.8) is 0 Å². The molecule has 0 aliphatic rings. The minimum absolute atomic E-state index is 0.370. The highest BCUT2D eigenvalue weighted by Crippen LogP contribution is 2.37. The predicted octanol–water partition coefficient (Wildman–Crippen LogP) is 5.63. The van der Waals surface area contributed by atoms with E-state index in [2.05, 4.69) is 10.5 Å². The van der Waals surface area contributed by atoms with Gasteiger partial charge in [-0.1, -0.05) is 46.9 Å². The van der Waals surface area contributed by atoms with Gasteiger partial charge in [-0.05, 0) is 24.3 Å². The number of thiophene rings is 1. The maximum atomic E-state index is 12.3. The van der Waals surface area contributed by atoms with Crippen LogP contribution < -0.4 is 10.2 Å². The van der Waals surface area contributed by atoms with Crippen molar-refractivity contribution in [3.8, 4) is 5.75 Å². The van der Waals surface area contributed by atoms with Crippen molar-refractivity contribution >= 4 is 68.3 Å². The van der Waals surface area contributed by atoms with Gasteiger partial charge in [0.25, 0.3) is 5.91 Å². The van der Waals surface area contributed by atoms with E-state index < -0.39 is 5.91 Å². The molecular formula is C17H11Cl3N2O2S. The van der Waals surface area contributed by atoms with Crippen LogP contribution in [0.25, 0.3) is 10.1 Å². The topological polar surface area (TPSA) is 50.7 Å². The van der Waals surface area contributed by atoms with E-state index >= 15 is 0 Å². The number of rotatable bonds is 4. The molecule has 1 N–H and O–H groups in total. The van der Waals surface area contributed by atoms with Crippen LogP contribution in [0, 0.1) is 0 Å². The van der Waals surface area contributed by atoms with Gasteiger partial charge in [-0.15, -0.1) is 11.3 Å². The van der Waals surface area contributed by atoms with Gasteiger partial charge in [0.05, 0.1) is 28.4 Å². The van der Waals surface area contributed by atoms with E-state index in [9.17, 15) is 4.79 Å². The summed E-state index contributed by atoms with van der Waals surface area (Å²) in [6.45, 7) is 0. The maximum Gasteiger partial charge on any atom is 0.283 e. The number of fused-ring (bicyclic) bond motifs is 1. The second-order valence-corrected chi connectivity index (χ2v) is 7.16. The third-order valence-corrected chi connectivity index (χ3v) is 5.88. The second kappa shape index (κ2) is 7.62. The fourth-order valence-electron chi connectivity index (χ4n) is 2.15. The third kappa shape index (κ3) is 3.75. The number of carbonyl (C=O) groups is 1. The van der Waals surface area contributed by atoms with E-state index in [1.54, 1.807) is 31.4 Å². The van der Waals surface area contributed by atoms with E-state index in [-0.39, 0.29) is 0 Å². The van der Waals surface area contributed by atoms with Gasteiger partial charge in [0, 0.05) is 15.6 Å². The Morgan fingerprint density at radius 3 is 2.76 bits per heavy atom. The van der Waals surface area contributed by atoms with Crippen molar-refractivity contribution in [1.29, 1.82) is 0 Å². The van der Waals surface area contributed by atoms with Crippen molar-refractivity contribution in [3.05, 3.63) is 61.9 Å². The molecule has 3 rings (SSSR count). The molecule has 1 heterocycles. The first-order valence-electron chi connectivity index (χ1n) is 7.04. The quantitative estimate of drug-likeness (QED) is 0.445. The summed E-state index contributed by atoms with van der Waals surface area (Å²) < 4.78 is 6.04. The predicted molar refractivity (Wildman–Crippen MR) is 105 cm³/mol. The number of ether oxygens (including phenoxy) is 1. The first kappa shape index (κ1) is 18.0. The highest BCUT2D eigenvalue weighted by Gasteiger charge is 2.17. The summed E-state index contributed by atoms with van der Waals surface area (Å²) in [6, 6.07) is 10.6. The number of nitrogens with one attached hydrogen (secondary N) is 1. The molecule has 3 aromatic rings. The van der Waals surface area contributed by atoms with Crippen LogP contribution in [0.1, 0.15) is 15.2 Å². The van der Waals surface area contributed by atoms with Crippen LogP contribution in [0.2, 0.25) is 15.1 Å². The Morgan fingerprint density at radius 2 is 2.00 bits per heavy atom. The van der Waals surface area contributed by atoms with Crippen LogP contribution in [0.4, 0.5) is 0 Å². The van der Waals surface area contributed by atoms with E-state index in [1.807, 2.05) is 12.1 Å². The first-order chi connectivity index (χ1) is 12.0. The summed E-state index contributed by atoms with van der Waals surface area (Å²) in [7, 11) is 1.58. The number of hydrazone groups is 1. The van der Waals surface area contributed by atoms with E-state index in [1.165, 1.54) is 17.6 Å². The van der Waals surface area contributed by atoms with Gasteiger partial charge in [-0.25, -0.2) is 5.43 Å². The number of nitrogens with zero attached hydrogens (tertiary/aromatic N) is 1. The molecule has 4 nitrogen and oxygen atoms in total. The summed E-state index contributed by atoms with van der Waals surface area (Å²) in [5.41, 5.74) is 3.05. The summed E-state index contributed by atoms with van der Waals surface area (Å²) in [5.74, 6) is 0.297. The van der Waals surface area contributed by atoms with Crippen molar-refractivity contribution in [1.82, 2.24) is 5.43 Å². The number of hydrogen-bond donors (Lipinski definition) is 1. The van der Waals surface area contributed by atoms with Crippen LogP contribution in [-0.4, -0.2) is 19.2 Å². The Bertz CT molecular complexity index is 985. The Hall–Kier alpha value is -1.79. The van der Waals surface area contributed by atoms with Gasteiger partial charge in [0.2, 0.25) is 0 Å². The Balaban J connectivity index is 1.81. The van der Waals surface area contributed by atoms with Crippen LogP contribution in [0.3, 0.4) is 0 Å². The molecule has 0 aliphatic heterocycles. The number of benzene rings is 2. The summed E-state index contributed by atoms with van der Waals surface area (Å²) in [6.07, 6.45) is 1.43. The minimum atomic E-state index is -0.403. The molecule has 128 valence electrons. The number of halogens is 3. The van der Waals surface area contributed by atoms with Crippen LogP contribution in [-0.2, 0) is 0 Å². The standard InChI is InChI=1S/C17H11Cl3N2O2S/c1-24-10-5-6-11-13(7-10)25-16(15(11)20)17(23)22-21-8-9-3-2-4-12(18)14(9)19/h2-8H,1H3,(H,22,23)/b21-8-. The summed E-state index contributed by atoms with van der Waals surface area (Å²) in [5, 5.41) is 5.88. The molecule has 25 heavy (non-hydrogen) atoms. The van der Waals surface area contributed by atoms with Crippen LogP contribution in [0.15, 0.2) is 41.5 Å². The number of hydrogen-bond acceptors (Lipinski definition) is 4. The van der Waals surface area contributed by atoms with Gasteiger partial charge >= 0.3 is 0 Å². The molecule has 1 aromatic heterocycles. The van der Waals surface area contributed by atoms with Gasteiger partial charge < -0.3 is 4.74 Å². The number of amides is 1. The highest BCUT2D eigenvalue weighted by atomic mass is 35.5. The average molecular weight is 414 g/mol. The Morgan fingerprint density at radius 1 is 1.20 bits per heavy atom. The molecular weight excluding hydrogens is 403 g/mol. The van der Waals surface area contributed by atoms with Crippen molar-refractivity contribution in [2.45, 2.75) is 0 Å². The molecule has 0 fully saturated rings. The lowest BCUT2D eigenvalue weighted by atomic mass is 10.2. The van der Waals surface area contributed by atoms with Gasteiger partial charge in [-0.2, -0.15) is 5.10 Å². The van der Waals surface area contributed by atoms with E-state index in [4.69, 9.17) is 39.5 Å². The fraction of sp³-hybridized carbons (Fsp3) is 0.0588. The second-order valence-electron chi connectivity index (χ2n) is 4.95. The average Bonchev–Trinajstić information content (AvgIpc) is 2.94. The van der Waals surface area contributed by atoms with Crippen molar-refractivity contribution in [2.24, 2.45) is 5.10 Å². The molecule has 0 bridgehead atoms. The Labute approximate surface area is 163 Å². The monoisotopic (exact) mass is 412 g/mol. The lowest BCUT2D eigenvalue weighted by Crippen LogP contribution is -2.16. The normalized spacial score (nSPS) is 11.2. The van der Waals surface area contributed by atoms with E-state index in [0.717, 1.165) is 10.1 Å². The molecule has 2 aromatic carbocycles. The zero-order chi connectivity index (χ0) is 18.0. The lowest BCUT2D eigenvalue weighted by molar-refractivity contribution is 0.0959. The van der Waals surface area contributed by atoms with Crippen molar-refractivity contribution < 1.29 is 9.53 Å². The zero-order valence-corrected chi connectivity index (χ0v) is 15.9. The number of methoxy groups -OCH3 is 1. The van der Waals surface area contributed by atoms with Crippen LogP contribution >= 0.6 is 46.1 Å². The summed E-state index contributed by atoms with van der Waals surface area (Å²) in [4.78, 5) is 12.7. The molecule has 0 aliphatic carbocycles. The fourth-order valence-corrected chi connectivity index (χ4v) is 3.94. The lowest BCUT2D eigenvalue weighted by Gasteiger charge is -2.00. The maximum absolute atomic E-state index is 12.3. The zero-order valence-electron chi connectivity index (χ0n) is 12.8. The molecule has 0 unspecified atom stereocenters. The largest absolute Gasteiger partial charge is 0.497 e. The molecule has 0 atom stereocenters. The SMILES string of the molecule is COc1ccc2c(Cl)c(C(=O)N/N=C\c3cccc(Cl)c3Cl)sc2c1. The minimum Gasteiger partial charge on any atom is -0.497 e.